The van der Waals surface area contributed by atoms with E-state index in [-0.39, 0.29) is 76.6 Å². The molecule has 6 heterocycles. The van der Waals surface area contributed by atoms with Gasteiger partial charge in [-0.25, -0.2) is 4.79 Å². The highest BCUT2D eigenvalue weighted by molar-refractivity contribution is 8.00. The molecule has 0 aromatic carbocycles. The molecule has 0 aromatic rings. The molecule has 478 valence electrons. The second-order valence-corrected chi connectivity index (χ2v) is 21.9. The fourth-order valence-electron chi connectivity index (χ4n) is 10.2. The second kappa shape index (κ2) is 34.2. The Morgan fingerprint density at radius 1 is 0.542 bits per heavy atom. The van der Waals surface area contributed by atoms with Crippen LogP contribution in [0.15, 0.2) is 0 Å². The minimum Gasteiger partial charge on any atom is -0.394 e. The van der Waals surface area contributed by atoms with Crippen LogP contribution in [-0.4, -0.2) is 317 Å². The van der Waals surface area contributed by atoms with Crippen molar-refractivity contribution in [1.82, 2.24) is 31.9 Å². The van der Waals surface area contributed by atoms with Crippen LogP contribution in [0.2, 0.25) is 0 Å². The Morgan fingerprint density at radius 2 is 1.05 bits per heavy atom. The highest BCUT2D eigenvalue weighted by Crippen LogP contribution is 2.36. The molecular formula is C49H84N6O27S. The molecular weight excluding hydrogens is 1140 g/mol. The number of hydrogen-bond donors (Lipinski definition) is 17. The van der Waals surface area contributed by atoms with Crippen LogP contribution in [0.3, 0.4) is 0 Å². The fourth-order valence-corrected chi connectivity index (χ4v) is 11.8. The maximum absolute atomic E-state index is 12.6. The second-order valence-electron chi connectivity index (χ2n) is 20.7. The van der Waals surface area contributed by atoms with E-state index in [2.05, 4.69) is 31.9 Å². The van der Waals surface area contributed by atoms with Crippen molar-refractivity contribution < 1.29 is 132 Å². The first-order chi connectivity index (χ1) is 39.8. The first-order valence-corrected chi connectivity index (χ1v) is 28.7. The highest BCUT2D eigenvalue weighted by atomic mass is 32.2. The predicted molar refractivity (Wildman–Crippen MR) is 278 cm³/mol. The number of rotatable bonds is 33. The molecule has 6 rings (SSSR count). The van der Waals surface area contributed by atoms with Crippen LogP contribution >= 0.6 is 11.8 Å². The molecule has 6 fully saturated rings. The van der Waals surface area contributed by atoms with Crippen LogP contribution in [0.1, 0.15) is 46.0 Å². The summed E-state index contributed by atoms with van der Waals surface area (Å²) in [5.74, 6) is -1.07. The molecule has 0 spiro atoms. The monoisotopic (exact) mass is 1220 g/mol. The topological polar surface area (TPSA) is 482 Å². The molecule has 0 bridgehead atoms. The van der Waals surface area contributed by atoms with Gasteiger partial charge in [-0.1, -0.05) is 6.42 Å². The molecule has 0 aromatic heterocycles. The maximum Gasteiger partial charge on any atom is 0.315 e. The molecule has 0 radical (unpaired) electrons. The van der Waals surface area contributed by atoms with Gasteiger partial charge < -0.3 is 140 Å². The largest absolute Gasteiger partial charge is 0.394 e. The quantitative estimate of drug-likeness (QED) is 0.0214. The summed E-state index contributed by atoms with van der Waals surface area (Å²) in [5.41, 5.74) is 0. The van der Waals surface area contributed by atoms with Gasteiger partial charge in [0, 0.05) is 44.4 Å². The van der Waals surface area contributed by atoms with Crippen molar-refractivity contribution in [2.75, 3.05) is 91.5 Å². The number of hydrogen-bond acceptors (Lipinski definition) is 28. The number of carbonyl (C=O) groups is 5. The van der Waals surface area contributed by atoms with Crippen molar-refractivity contribution in [3.8, 4) is 0 Å². The van der Waals surface area contributed by atoms with E-state index in [0.29, 0.717) is 24.8 Å². The first kappa shape index (κ1) is 68.7. The third-order valence-electron chi connectivity index (χ3n) is 14.5. The van der Waals surface area contributed by atoms with Gasteiger partial charge in [-0.3, -0.25) is 19.2 Å². The Hall–Kier alpha value is -3.38. The van der Waals surface area contributed by atoms with Crippen LogP contribution in [0.5, 0.6) is 0 Å². The van der Waals surface area contributed by atoms with E-state index in [1.54, 1.807) is 0 Å². The van der Waals surface area contributed by atoms with Crippen molar-refractivity contribution in [3.63, 3.8) is 0 Å². The molecule has 17 N–H and O–H groups in total. The lowest BCUT2D eigenvalue weighted by Crippen LogP contribution is -2.70. The summed E-state index contributed by atoms with van der Waals surface area (Å²) < 4.78 is 63.0. The molecule has 0 saturated carbocycles. The smallest absolute Gasteiger partial charge is 0.315 e. The average Bonchev–Trinajstić information content (AvgIpc) is 4.24. The molecule has 83 heavy (non-hydrogen) atoms. The van der Waals surface area contributed by atoms with Crippen LogP contribution in [0, 0.1) is 0 Å². The van der Waals surface area contributed by atoms with Gasteiger partial charge in [0.05, 0.1) is 78.2 Å². The molecule has 6 saturated heterocycles. The number of nitrogens with one attached hydrogen (secondary N) is 6. The van der Waals surface area contributed by atoms with E-state index < -0.39 is 167 Å². The summed E-state index contributed by atoms with van der Waals surface area (Å²) in [6.45, 7) is -0.204. The molecule has 6 amide bonds. The molecule has 20 unspecified atom stereocenters. The number of urea groups is 1. The Morgan fingerprint density at radius 3 is 1.65 bits per heavy atom. The number of aliphatic hydroxyl groups is 11. The van der Waals surface area contributed by atoms with Crippen LogP contribution < -0.4 is 31.9 Å². The number of fused-ring (bicyclic) bond motifs is 1. The lowest BCUT2D eigenvalue weighted by Gasteiger charge is -2.50. The Bertz CT molecular complexity index is 2020. The molecule has 34 heteroatoms. The molecule has 6 aliphatic heterocycles. The van der Waals surface area contributed by atoms with Gasteiger partial charge in [0.1, 0.15) is 104 Å². The summed E-state index contributed by atoms with van der Waals surface area (Å²) >= 11 is 1.85. The van der Waals surface area contributed by atoms with Crippen molar-refractivity contribution in [3.05, 3.63) is 0 Å². The van der Waals surface area contributed by atoms with Gasteiger partial charge in [-0.2, -0.15) is 11.8 Å². The van der Waals surface area contributed by atoms with Crippen LogP contribution in [-0.2, 0) is 71.3 Å². The minimum atomic E-state index is -2.11. The first-order valence-electron chi connectivity index (χ1n) is 27.7. The number of amides is 6. The standard InChI is InChI=1S/C49H84N6O27S/c1-22(60)52-33-42(81-48-41(70)44(38(67)28(19-59)79-48)82-46-34(53-23(2)61)43(37(66)27(18-58)77-46)80-47-40(69)39(68)35(64)25(16-56)78-47)36(65)26(17-57)76-45(33)75-10-5-8-50-31(63)20-74-15-14-73-13-12-72-11-9-51-30(62)7-4-3-6-29-32-24(21-83-29)54-49(71)55-32/h24-29,32-48,56-59,64-70H,3-21H2,1-2H3,(H,50,63)(H,51,62)(H,52,60)(H,53,61)(H2,54,55,71)/t24-,25?,26?,27?,28?,29-,32-,33?,34?,35?,36?,37?,38?,39?,40?,41?,42?,43?,44?,45?,46?,47?,48?/m0/s1. The van der Waals surface area contributed by atoms with Crippen molar-refractivity contribution in [1.29, 1.82) is 0 Å². The van der Waals surface area contributed by atoms with E-state index >= 15 is 0 Å². The number of thioether (sulfide) groups is 1. The van der Waals surface area contributed by atoms with Crippen molar-refractivity contribution in [2.45, 2.75) is 186 Å². The zero-order valence-electron chi connectivity index (χ0n) is 46.1. The molecule has 0 aliphatic carbocycles. The SMILES string of the molecule is CC(=O)NC1C(OC2C(O)C(CO)OC(OC3C(O)C(CO)OC(OCCCNC(=O)COCCOCCOCCNC(=O)CCCC[C@@H]4SC[C@@H]5NC(=O)N[C@@H]54)C3NC(C)=O)C2O)OC(CO)C(O)C1OC1OC(CO)C(O)C(O)C1O. The summed E-state index contributed by atoms with van der Waals surface area (Å²) in [6, 6.07) is -2.86. The van der Waals surface area contributed by atoms with E-state index in [1.165, 1.54) is 0 Å². The maximum atomic E-state index is 12.6. The summed E-state index contributed by atoms with van der Waals surface area (Å²) in [7, 11) is 0. The van der Waals surface area contributed by atoms with Crippen molar-refractivity contribution >= 4 is 41.4 Å². The third kappa shape index (κ3) is 19.3. The Labute approximate surface area is 481 Å². The van der Waals surface area contributed by atoms with E-state index in [4.69, 9.17) is 52.1 Å². The molecule has 33 nitrogen and oxygen atoms in total. The Balaban J connectivity index is 0.924. The van der Waals surface area contributed by atoms with Gasteiger partial charge in [0.15, 0.2) is 25.2 Å². The van der Waals surface area contributed by atoms with Gasteiger partial charge >= 0.3 is 6.03 Å². The predicted octanol–water partition coefficient (Wildman–Crippen LogP) is -9.04. The number of unbranched alkanes of at least 4 members (excludes halogenated alkanes) is 1. The lowest BCUT2D eigenvalue weighted by molar-refractivity contribution is -0.375. The van der Waals surface area contributed by atoms with Crippen LogP contribution in [0.25, 0.3) is 0 Å². The Kier molecular flexibility index (Phi) is 28.4. The summed E-state index contributed by atoms with van der Waals surface area (Å²) in [6.07, 6.45) is -28.9. The average molecular weight is 1220 g/mol. The van der Waals surface area contributed by atoms with E-state index in [0.717, 1.165) is 38.9 Å². The van der Waals surface area contributed by atoms with Gasteiger partial charge in [0.2, 0.25) is 23.6 Å². The fraction of sp³-hybridized carbons (Fsp3) is 0.898. The van der Waals surface area contributed by atoms with E-state index in [1.807, 2.05) is 11.8 Å². The van der Waals surface area contributed by atoms with Crippen LogP contribution in [0.4, 0.5) is 4.79 Å². The van der Waals surface area contributed by atoms with E-state index in [9.17, 15) is 80.1 Å². The minimum absolute atomic E-state index is 0.0520. The lowest BCUT2D eigenvalue weighted by atomic mass is 9.94. The van der Waals surface area contributed by atoms with Gasteiger partial charge in [-0.15, -0.1) is 0 Å². The van der Waals surface area contributed by atoms with Crippen molar-refractivity contribution in [2.24, 2.45) is 0 Å². The number of carbonyl (C=O) groups excluding carboxylic acids is 5. The summed E-state index contributed by atoms with van der Waals surface area (Å²) in [4.78, 5) is 61.4. The zero-order chi connectivity index (χ0) is 60.3. The molecule has 6 aliphatic rings. The van der Waals surface area contributed by atoms with Gasteiger partial charge in [-0.05, 0) is 19.3 Å². The zero-order valence-corrected chi connectivity index (χ0v) is 46.9. The molecule has 23 atom stereocenters. The summed E-state index contributed by atoms with van der Waals surface area (Å²) in [5, 5.41) is 135. The number of aliphatic hydroxyl groups excluding tert-OH is 11. The highest BCUT2D eigenvalue weighted by Gasteiger charge is 2.56. The van der Waals surface area contributed by atoms with Gasteiger partial charge in [0.25, 0.3) is 0 Å². The number of ether oxygens (including phenoxy) is 11. The normalized spacial score (nSPS) is 37.9. The third-order valence-corrected chi connectivity index (χ3v) is 16.1.